The fourth-order valence-electron chi connectivity index (χ4n) is 1.54. The number of aromatic nitrogens is 5. The van der Waals surface area contributed by atoms with Gasteiger partial charge in [-0.2, -0.15) is 4.98 Å². The Balaban J connectivity index is 1.67. The van der Waals surface area contributed by atoms with Crippen LogP contribution in [-0.4, -0.2) is 31.9 Å². The molecule has 0 fully saturated rings. The van der Waals surface area contributed by atoms with E-state index in [9.17, 15) is 0 Å². The van der Waals surface area contributed by atoms with Gasteiger partial charge in [0, 0.05) is 13.0 Å². The Labute approximate surface area is 102 Å². The van der Waals surface area contributed by atoms with E-state index in [1.165, 1.54) is 6.39 Å². The van der Waals surface area contributed by atoms with Gasteiger partial charge in [-0.25, -0.2) is 4.98 Å². The molecule has 0 aliphatic heterocycles. The molecule has 0 unspecified atom stereocenters. The standard InChI is InChI=1S/C11H10N6O/c1-2-4-9-8(3-1)14-11(16-15-9)12-6-5-10-13-7-18-17-10/h1-4,7H,5-6H2,(H,12,14,16). The number of rotatable bonds is 4. The lowest BCUT2D eigenvalue weighted by molar-refractivity contribution is 0.410. The van der Waals surface area contributed by atoms with Gasteiger partial charge in [-0.05, 0) is 12.1 Å². The van der Waals surface area contributed by atoms with Crippen LogP contribution in [0.15, 0.2) is 35.2 Å². The van der Waals surface area contributed by atoms with Crippen LogP contribution in [0.1, 0.15) is 5.82 Å². The molecule has 0 saturated carbocycles. The van der Waals surface area contributed by atoms with Crippen LogP contribution in [0.2, 0.25) is 0 Å². The van der Waals surface area contributed by atoms with Gasteiger partial charge in [0.2, 0.25) is 12.3 Å². The van der Waals surface area contributed by atoms with Crippen LogP contribution in [0.4, 0.5) is 5.95 Å². The Hall–Kier alpha value is -2.57. The summed E-state index contributed by atoms with van der Waals surface area (Å²) in [7, 11) is 0. The molecule has 0 aliphatic carbocycles. The number of hydrogen-bond acceptors (Lipinski definition) is 7. The zero-order valence-corrected chi connectivity index (χ0v) is 9.45. The first-order valence-electron chi connectivity index (χ1n) is 5.50. The SMILES string of the molecule is c1ccc2nc(NCCc3ncon3)nnc2c1. The molecule has 2 heterocycles. The topological polar surface area (TPSA) is 89.6 Å². The van der Waals surface area contributed by atoms with Crippen molar-refractivity contribution in [2.45, 2.75) is 6.42 Å². The van der Waals surface area contributed by atoms with Crippen molar-refractivity contribution in [2.75, 3.05) is 11.9 Å². The summed E-state index contributed by atoms with van der Waals surface area (Å²) in [5.41, 5.74) is 1.59. The zero-order chi connectivity index (χ0) is 12.2. The molecule has 0 saturated heterocycles. The molecule has 0 spiro atoms. The van der Waals surface area contributed by atoms with Crippen LogP contribution in [-0.2, 0) is 6.42 Å². The predicted octanol–water partition coefficient (Wildman–Crippen LogP) is 1.06. The number of para-hydroxylation sites is 1. The molecule has 3 rings (SSSR count). The molecular weight excluding hydrogens is 232 g/mol. The van der Waals surface area contributed by atoms with Gasteiger partial charge in [0.05, 0.1) is 5.52 Å². The first kappa shape index (κ1) is 10.6. The highest BCUT2D eigenvalue weighted by atomic mass is 16.5. The first-order chi connectivity index (χ1) is 8.92. The van der Waals surface area contributed by atoms with E-state index < -0.39 is 0 Å². The van der Waals surface area contributed by atoms with E-state index in [1.54, 1.807) is 0 Å². The van der Waals surface area contributed by atoms with E-state index in [0.717, 1.165) is 11.0 Å². The zero-order valence-electron chi connectivity index (χ0n) is 9.45. The second-order valence-electron chi connectivity index (χ2n) is 3.65. The minimum atomic E-state index is 0.497. The van der Waals surface area contributed by atoms with E-state index in [0.29, 0.717) is 24.7 Å². The maximum absolute atomic E-state index is 4.64. The normalized spacial score (nSPS) is 10.7. The summed E-state index contributed by atoms with van der Waals surface area (Å²) in [4.78, 5) is 8.27. The molecule has 0 amide bonds. The highest BCUT2D eigenvalue weighted by molar-refractivity contribution is 5.73. The molecule has 1 aromatic carbocycles. The van der Waals surface area contributed by atoms with Gasteiger partial charge in [0.25, 0.3) is 0 Å². The van der Waals surface area contributed by atoms with Crippen LogP contribution >= 0.6 is 0 Å². The summed E-state index contributed by atoms with van der Waals surface area (Å²) in [6.07, 6.45) is 1.95. The summed E-state index contributed by atoms with van der Waals surface area (Å²) in [6.45, 7) is 0.625. The van der Waals surface area contributed by atoms with E-state index >= 15 is 0 Å². The molecule has 7 heteroatoms. The maximum Gasteiger partial charge on any atom is 0.243 e. The second-order valence-corrected chi connectivity index (χ2v) is 3.65. The average Bonchev–Trinajstić information content (AvgIpc) is 2.92. The van der Waals surface area contributed by atoms with Crippen molar-refractivity contribution in [2.24, 2.45) is 0 Å². The molecule has 7 nitrogen and oxygen atoms in total. The second kappa shape index (κ2) is 4.74. The van der Waals surface area contributed by atoms with Crippen molar-refractivity contribution in [1.29, 1.82) is 0 Å². The van der Waals surface area contributed by atoms with Crippen molar-refractivity contribution in [3.63, 3.8) is 0 Å². The van der Waals surface area contributed by atoms with Gasteiger partial charge in [0.1, 0.15) is 5.52 Å². The molecule has 0 radical (unpaired) electrons. The summed E-state index contributed by atoms with van der Waals surface area (Å²) >= 11 is 0. The number of nitrogens with one attached hydrogen (secondary N) is 1. The van der Waals surface area contributed by atoms with Crippen molar-refractivity contribution in [1.82, 2.24) is 25.3 Å². The molecule has 18 heavy (non-hydrogen) atoms. The number of nitrogens with zero attached hydrogens (tertiary/aromatic N) is 5. The summed E-state index contributed by atoms with van der Waals surface area (Å²) in [5.74, 6) is 1.15. The van der Waals surface area contributed by atoms with E-state index in [4.69, 9.17) is 0 Å². The maximum atomic E-state index is 4.64. The van der Waals surface area contributed by atoms with Crippen LogP contribution in [0.25, 0.3) is 11.0 Å². The third-order valence-corrected chi connectivity index (χ3v) is 2.40. The summed E-state index contributed by atoms with van der Waals surface area (Å²) in [6, 6.07) is 7.59. The summed E-state index contributed by atoms with van der Waals surface area (Å²) < 4.78 is 4.64. The lowest BCUT2D eigenvalue weighted by Gasteiger charge is -2.02. The molecule has 1 N–H and O–H groups in total. The van der Waals surface area contributed by atoms with Crippen molar-refractivity contribution in [3.05, 3.63) is 36.5 Å². The average molecular weight is 242 g/mol. The Bertz CT molecular complexity index is 639. The smallest absolute Gasteiger partial charge is 0.243 e. The van der Waals surface area contributed by atoms with Crippen LogP contribution in [0.3, 0.4) is 0 Å². The number of fused-ring (bicyclic) bond motifs is 1. The fourth-order valence-corrected chi connectivity index (χ4v) is 1.54. The first-order valence-corrected chi connectivity index (χ1v) is 5.50. The largest absolute Gasteiger partial charge is 0.352 e. The molecule has 2 aromatic heterocycles. The van der Waals surface area contributed by atoms with E-state index in [2.05, 4.69) is 35.2 Å². The highest BCUT2D eigenvalue weighted by Gasteiger charge is 2.02. The molecule has 0 bridgehead atoms. The van der Waals surface area contributed by atoms with Gasteiger partial charge < -0.3 is 9.84 Å². The van der Waals surface area contributed by atoms with Gasteiger partial charge in [-0.15, -0.1) is 10.2 Å². The Morgan fingerprint density at radius 2 is 2.00 bits per heavy atom. The number of hydrogen-bond donors (Lipinski definition) is 1. The summed E-state index contributed by atoms with van der Waals surface area (Å²) in [5, 5.41) is 14.8. The van der Waals surface area contributed by atoms with Crippen molar-refractivity contribution >= 4 is 17.0 Å². The van der Waals surface area contributed by atoms with Gasteiger partial charge in [0.15, 0.2) is 5.82 Å². The predicted molar refractivity (Wildman–Crippen MR) is 63.8 cm³/mol. The van der Waals surface area contributed by atoms with Crippen molar-refractivity contribution < 1.29 is 4.52 Å². The number of anilines is 1. The van der Waals surface area contributed by atoms with Crippen LogP contribution < -0.4 is 5.32 Å². The minimum absolute atomic E-state index is 0.497. The molecule has 0 aliphatic rings. The quantitative estimate of drug-likeness (QED) is 0.731. The third-order valence-electron chi connectivity index (χ3n) is 2.40. The molecular formula is C11H10N6O. The Morgan fingerprint density at radius 3 is 2.83 bits per heavy atom. The fraction of sp³-hybridized carbons (Fsp3) is 0.182. The molecule has 90 valence electrons. The van der Waals surface area contributed by atoms with E-state index in [-0.39, 0.29) is 0 Å². The van der Waals surface area contributed by atoms with Crippen LogP contribution in [0, 0.1) is 0 Å². The Morgan fingerprint density at radius 1 is 1.11 bits per heavy atom. The highest BCUT2D eigenvalue weighted by Crippen LogP contribution is 2.08. The molecule has 3 aromatic rings. The number of benzene rings is 1. The monoisotopic (exact) mass is 242 g/mol. The lowest BCUT2D eigenvalue weighted by atomic mass is 10.3. The van der Waals surface area contributed by atoms with Gasteiger partial charge in [-0.1, -0.05) is 17.3 Å². The lowest BCUT2D eigenvalue weighted by Crippen LogP contribution is -2.09. The van der Waals surface area contributed by atoms with Gasteiger partial charge >= 0.3 is 0 Å². The minimum Gasteiger partial charge on any atom is -0.352 e. The molecule has 0 atom stereocenters. The Kier molecular flexibility index (Phi) is 2.79. The third kappa shape index (κ3) is 2.24. The van der Waals surface area contributed by atoms with E-state index in [1.807, 2.05) is 24.3 Å². The van der Waals surface area contributed by atoms with Gasteiger partial charge in [-0.3, -0.25) is 0 Å². The van der Waals surface area contributed by atoms with Crippen LogP contribution in [0.5, 0.6) is 0 Å². The van der Waals surface area contributed by atoms with Crippen molar-refractivity contribution in [3.8, 4) is 0 Å².